The van der Waals surface area contributed by atoms with Gasteiger partial charge in [0.25, 0.3) is 0 Å². The van der Waals surface area contributed by atoms with Gasteiger partial charge < -0.3 is 16.0 Å². The molecule has 0 aliphatic rings. The standard InChI is InChI=1S/C10H16N4O/c1-8(15)13-3-4-14-10-5-9(11-2)6-12-7-10/h5-7,11,14H,3-4H2,1-2H3,(H,13,15). The SMILES string of the molecule is CNc1cncc(NCCNC(C)=O)c1. The highest BCUT2D eigenvalue weighted by Gasteiger charge is 1.94. The second kappa shape index (κ2) is 5.85. The van der Waals surface area contributed by atoms with E-state index in [1.54, 1.807) is 12.4 Å². The largest absolute Gasteiger partial charge is 0.387 e. The van der Waals surface area contributed by atoms with E-state index in [1.807, 2.05) is 13.1 Å². The van der Waals surface area contributed by atoms with E-state index >= 15 is 0 Å². The lowest BCUT2D eigenvalue weighted by Crippen LogP contribution is -2.26. The molecular formula is C10H16N4O. The number of hydrogen-bond donors (Lipinski definition) is 3. The Kier molecular flexibility index (Phi) is 4.40. The van der Waals surface area contributed by atoms with Crippen LogP contribution in [-0.2, 0) is 4.79 Å². The molecule has 1 rings (SSSR count). The third-order valence-electron chi connectivity index (χ3n) is 1.85. The number of pyridine rings is 1. The van der Waals surface area contributed by atoms with Gasteiger partial charge in [-0.15, -0.1) is 0 Å². The summed E-state index contributed by atoms with van der Waals surface area (Å²) in [7, 11) is 1.85. The summed E-state index contributed by atoms with van der Waals surface area (Å²) in [6, 6.07) is 1.96. The molecule has 82 valence electrons. The van der Waals surface area contributed by atoms with E-state index in [9.17, 15) is 4.79 Å². The van der Waals surface area contributed by atoms with Gasteiger partial charge in [-0.05, 0) is 6.07 Å². The maximum Gasteiger partial charge on any atom is 0.216 e. The number of anilines is 2. The predicted octanol–water partition coefficient (Wildman–Crippen LogP) is 0.671. The summed E-state index contributed by atoms with van der Waals surface area (Å²) in [5.41, 5.74) is 1.90. The van der Waals surface area contributed by atoms with Gasteiger partial charge >= 0.3 is 0 Å². The van der Waals surface area contributed by atoms with E-state index in [0.29, 0.717) is 13.1 Å². The summed E-state index contributed by atoms with van der Waals surface area (Å²) >= 11 is 0. The Morgan fingerprint density at radius 2 is 2.07 bits per heavy atom. The van der Waals surface area contributed by atoms with E-state index in [0.717, 1.165) is 11.4 Å². The first-order valence-corrected chi connectivity index (χ1v) is 4.83. The van der Waals surface area contributed by atoms with Crippen molar-refractivity contribution in [1.29, 1.82) is 0 Å². The zero-order valence-electron chi connectivity index (χ0n) is 9.00. The number of nitrogens with zero attached hydrogens (tertiary/aromatic N) is 1. The molecule has 0 atom stereocenters. The van der Waals surface area contributed by atoms with Gasteiger partial charge in [0, 0.05) is 27.1 Å². The van der Waals surface area contributed by atoms with E-state index < -0.39 is 0 Å². The fourth-order valence-electron chi connectivity index (χ4n) is 1.12. The summed E-state index contributed by atoms with van der Waals surface area (Å²) in [6.07, 6.45) is 3.49. The average Bonchev–Trinajstić information content (AvgIpc) is 2.24. The molecule has 0 fully saturated rings. The monoisotopic (exact) mass is 208 g/mol. The minimum Gasteiger partial charge on any atom is -0.387 e. The van der Waals surface area contributed by atoms with E-state index in [-0.39, 0.29) is 5.91 Å². The Bertz CT molecular complexity index is 327. The van der Waals surface area contributed by atoms with Crippen molar-refractivity contribution in [3.8, 4) is 0 Å². The van der Waals surface area contributed by atoms with Crippen LogP contribution in [0.15, 0.2) is 18.5 Å². The maximum atomic E-state index is 10.6. The summed E-state index contributed by atoms with van der Waals surface area (Å²) in [5, 5.41) is 8.87. The molecular weight excluding hydrogens is 192 g/mol. The van der Waals surface area contributed by atoms with Gasteiger partial charge in [0.1, 0.15) is 0 Å². The van der Waals surface area contributed by atoms with Crippen molar-refractivity contribution in [2.45, 2.75) is 6.92 Å². The van der Waals surface area contributed by atoms with Crippen LogP contribution in [0.25, 0.3) is 0 Å². The molecule has 5 heteroatoms. The lowest BCUT2D eigenvalue weighted by molar-refractivity contribution is -0.118. The summed E-state index contributed by atoms with van der Waals surface area (Å²) in [4.78, 5) is 14.7. The average molecular weight is 208 g/mol. The number of carbonyl (C=O) groups excluding carboxylic acids is 1. The number of rotatable bonds is 5. The molecule has 1 amide bonds. The second-order valence-corrected chi connectivity index (χ2v) is 3.12. The Labute approximate surface area is 89.3 Å². The molecule has 0 radical (unpaired) electrons. The van der Waals surface area contributed by atoms with Gasteiger partial charge in [-0.25, -0.2) is 0 Å². The number of carbonyl (C=O) groups is 1. The molecule has 0 aliphatic heterocycles. The van der Waals surface area contributed by atoms with Gasteiger partial charge in [0.05, 0.1) is 23.8 Å². The number of amides is 1. The molecule has 0 spiro atoms. The van der Waals surface area contributed by atoms with Gasteiger partial charge in [-0.2, -0.15) is 0 Å². The highest BCUT2D eigenvalue weighted by molar-refractivity contribution is 5.72. The quantitative estimate of drug-likeness (QED) is 0.622. The fourth-order valence-corrected chi connectivity index (χ4v) is 1.12. The Morgan fingerprint density at radius 3 is 2.73 bits per heavy atom. The van der Waals surface area contributed by atoms with Gasteiger partial charge in [-0.1, -0.05) is 0 Å². The summed E-state index contributed by atoms with van der Waals surface area (Å²) in [6.45, 7) is 2.80. The van der Waals surface area contributed by atoms with E-state index in [2.05, 4.69) is 20.9 Å². The van der Waals surface area contributed by atoms with Crippen LogP contribution in [-0.4, -0.2) is 31.0 Å². The Morgan fingerprint density at radius 1 is 1.33 bits per heavy atom. The van der Waals surface area contributed by atoms with Gasteiger partial charge in [0.15, 0.2) is 0 Å². The molecule has 15 heavy (non-hydrogen) atoms. The minimum atomic E-state index is -0.0149. The van der Waals surface area contributed by atoms with E-state index in [4.69, 9.17) is 0 Å². The molecule has 0 saturated carbocycles. The van der Waals surface area contributed by atoms with Crippen molar-refractivity contribution >= 4 is 17.3 Å². The molecule has 0 saturated heterocycles. The lowest BCUT2D eigenvalue weighted by Gasteiger charge is -2.07. The second-order valence-electron chi connectivity index (χ2n) is 3.12. The van der Waals surface area contributed by atoms with Crippen LogP contribution >= 0.6 is 0 Å². The number of nitrogens with one attached hydrogen (secondary N) is 3. The molecule has 0 aromatic carbocycles. The zero-order chi connectivity index (χ0) is 11.1. The molecule has 0 bridgehead atoms. The van der Waals surface area contributed by atoms with Crippen LogP contribution in [0, 0.1) is 0 Å². The maximum absolute atomic E-state index is 10.6. The molecule has 0 unspecified atom stereocenters. The first-order chi connectivity index (χ1) is 7.22. The fraction of sp³-hybridized carbons (Fsp3) is 0.400. The van der Waals surface area contributed by atoms with Crippen molar-refractivity contribution in [2.24, 2.45) is 0 Å². The van der Waals surface area contributed by atoms with Gasteiger partial charge in [-0.3, -0.25) is 9.78 Å². The topological polar surface area (TPSA) is 66.1 Å². The normalized spacial score (nSPS) is 9.47. The summed E-state index contributed by atoms with van der Waals surface area (Å²) < 4.78 is 0. The molecule has 1 aromatic heterocycles. The molecule has 1 aromatic rings. The van der Waals surface area contributed by atoms with Crippen LogP contribution < -0.4 is 16.0 Å². The molecule has 1 heterocycles. The third kappa shape index (κ3) is 4.30. The van der Waals surface area contributed by atoms with Crippen molar-refractivity contribution in [3.63, 3.8) is 0 Å². The minimum absolute atomic E-state index is 0.0149. The highest BCUT2D eigenvalue weighted by atomic mass is 16.1. The van der Waals surface area contributed by atoms with Crippen molar-refractivity contribution < 1.29 is 4.79 Å². The first kappa shape index (κ1) is 11.3. The van der Waals surface area contributed by atoms with Crippen molar-refractivity contribution in [2.75, 3.05) is 30.8 Å². The number of hydrogen-bond acceptors (Lipinski definition) is 4. The first-order valence-electron chi connectivity index (χ1n) is 4.83. The Hall–Kier alpha value is -1.78. The lowest BCUT2D eigenvalue weighted by atomic mass is 10.3. The van der Waals surface area contributed by atoms with Crippen molar-refractivity contribution in [1.82, 2.24) is 10.3 Å². The number of aromatic nitrogens is 1. The van der Waals surface area contributed by atoms with Crippen LogP contribution in [0.2, 0.25) is 0 Å². The molecule has 0 aliphatic carbocycles. The van der Waals surface area contributed by atoms with Crippen LogP contribution in [0.5, 0.6) is 0 Å². The third-order valence-corrected chi connectivity index (χ3v) is 1.85. The summed E-state index contributed by atoms with van der Waals surface area (Å²) in [5.74, 6) is -0.0149. The van der Waals surface area contributed by atoms with Crippen LogP contribution in [0.1, 0.15) is 6.92 Å². The van der Waals surface area contributed by atoms with Crippen LogP contribution in [0.4, 0.5) is 11.4 Å². The Balaban J connectivity index is 2.33. The smallest absolute Gasteiger partial charge is 0.216 e. The predicted molar refractivity (Wildman–Crippen MR) is 61.0 cm³/mol. The highest BCUT2D eigenvalue weighted by Crippen LogP contribution is 2.11. The molecule has 3 N–H and O–H groups in total. The van der Waals surface area contributed by atoms with E-state index in [1.165, 1.54) is 6.92 Å². The zero-order valence-corrected chi connectivity index (χ0v) is 9.00. The molecule has 5 nitrogen and oxygen atoms in total. The van der Waals surface area contributed by atoms with Crippen molar-refractivity contribution in [3.05, 3.63) is 18.5 Å². The van der Waals surface area contributed by atoms with Gasteiger partial charge in [0.2, 0.25) is 5.91 Å². The van der Waals surface area contributed by atoms with Crippen LogP contribution in [0.3, 0.4) is 0 Å².